The summed E-state index contributed by atoms with van der Waals surface area (Å²) in [6, 6.07) is 8.38. The minimum atomic E-state index is -0.684. The average Bonchev–Trinajstić information content (AvgIpc) is 4.05. The molecule has 8 atom stereocenters. The fourth-order valence-corrected chi connectivity index (χ4v) is 10.0. The van der Waals surface area contributed by atoms with Gasteiger partial charge < -0.3 is 51.2 Å². The lowest BCUT2D eigenvalue weighted by Crippen LogP contribution is -2.55. The molecule has 0 spiro atoms. The van der Waals surface area contributed by atoms with Crippen molar-refractivity contribution >= 4 is 35.4 Å². The molecule has 0 unspecified atom stereocenters. The normalized spacial score (nSPS) is 21.8. The van der Waals surface area contributed by atoms with Crippen LogP contribution in [0.4, 0.5) is 0 Å². The highest BCUT2D eigenvalue weighted by atomic mass is 16.5. The number of carbonyl (C=O) groups is 6. The molecule has 6 amide bonds. The van der Waals surface area contributed by atoms with Crippen LogP contribution in [0.25, 0.3) is 0 Å². The number of hydrogen-bond donors (Lipinski definition) is 6. The number of likely N-dealkylation sites (N-methyl/N-ethyl adjacent to an activating group) is 2. The van der Waals surface area contributed by atoms with E-state index < -0.39 is 36.3 Å². The first-order valence-corrected chi connectivity index (χ1v) is 25.1. The molecule has 2 fully saturated rings. The number of benzene rings is 2. The number of ether oxygens (including phenoxy) is 2. The number of hydrogen-bond acceptors (Lipinski definition) is 10. The molecule has 2 aliphatic carbocycles. The molecule has 16 heteroatoms. The monoisotopic (exact) mass is 929 g/mol. The number of rotatable bonds is 22. The fourth-order valence-electron chi connectivity index (χ4n) is 10.0. The van der Waals surface area contributed by atoms with Crippen LogP contribution >= 0.6 is 0 Å². The van der Waals surface area contributed by atoms with E-state index in [1.54, 1.807) is 37.7 Å². The number of amides is 6. The van der Waals surface area contributed by atoms with Crippen molar-refractivity contribution in [2.45, 2.75) is 172 Å². The molecule has 4 aliphatic rings. The van der Waals surface area contributed by atoms with Crippen molar-refractivity contribution < 1.29 is 38.2 Å². The predicted octanol–water partition coefficient (Wildman–Crippen LogP) is 4.29. The molecule has 0 bridgehead atoms. The van der Waals surface area contributed by atoms with Gasteiger partial charge in [0.25, 0.3) is 0 Å². The second kappa shape index (κ2) is 24.7. The zero-order valence-corrected chi connectivity index (χ0v) is 40.7. The highest BCUT2D eigenvalue weighted by molar-refractivity contribution is 5.94. The molecule has 67 heavy (non-hydrogen) atoms. The first-order chi connectivity index (χ1) is 32.4. The Morgan fingerprint density at radius 3 is 1.40 bits per heavy atom. The van der Waals surface area contributed by atoms with Crippen LogP contribution in [0.15, 0.2) is 36.4 Å². The van der Waals surface area contributed by atoms with Crippen molar-refractivity contribution in [2.75, 3.05) is 40.4 Å². The van der Waals surface area contributed by atoms with E-state index in [-0.39, 0.29) is 47.5 Å². The molecule has 6 N–H and O–H groups in total. The molecule has 368 valence electrons. The third-order valence-electron chi connectivity index (χ3n) is 14.2. The third-order valence-corrected chi connectivity index (χ3v) is 14.2. The Bertz CT molecular complexity index is 1910. The first-order valence-electron chi connectivity index (χ1n) is 25.1. The van der Waals surface area contributed by atoms with Gasteiger partial charge in [-0.2, -0.15) is 0 Å². The number of unbranched alkanes of at least 4 members (excludes halogenated alkanes) is 2. The van der Waals surface area contributed by atoms with Crippen molar-refractivity contribution in [3.8, 4) is 11.5 Å². The molecule has 0 radical (unpaired) electrons. The topological polar surface area (TPSA) is 200 Å². The van der Waals surface area contributed by atoms with Crippen molar-refractivity contribution in [1.29, 1.82) is 0 Å². The smallest absolute Gasteiger partial charge is 0.245 e. The van der Waals surface area contributed by atoms with Crippen LogP contribution in [-0.2, 0) is 41.6 Å². The lowest BCUT2D eigenvalue weighted by molar-refractivity contribution is -0.141. The molecular formula is C51H76N8O8. The Morgan fingerprint density at radius 1 is 0.597 bits per heavy atom. The molecule has 6 rings (SSSR count). The molecule has 0 saturated carbocycles. The van der Waals surface area contributed by atoms with Crippen molar-refractivity contribution in [3.05, 3.63) is 58.7 Å². The standard InChI is InChI=1S/C51H76N8O8/c1-7-38(54-46(60)32(3)52-5)50(64)58-28-16-24-42(58)48(62)56-40-22-12-20-36-34(40)18-14-26-44(36)66-30-10-9-11-31-67-45-27-15-19-35-37(45)21-13-23-41(35)57-49(63)43-25-17-29-59(43)51(65)39(8-2)55-47(61)33(4)53-6/h14-15,18-19,26-27,32-33,38-43,52-53H,7-13,16-17,20-25,28-31H2,1-6H3,(H,54,60)(H,55,61)(H,56,62)(H,57,63)/t32-,33-,38-,39-,40+,41+,42-,43-/m0/s1. The second-order valence-electron chi connectivity index (χ2n) is 18.7. The van der Waals surface area contributed by atoms with Crippen LogP contribution in [0.2, 0.25) is 0 Å². The number of nitrogens with zero attached hydrogens (tertiary/aromatic N) is 2. The van der Waals surface area contributed by atoms with Crippen molar-refractivity contribution in [3.63, 3.8) is 0 Å². The summed E-state index contributed by atoms with van der Waals surface area (Å²) in [6.07, 6.45) is 11.3. The van der Waals surface area contributed by atoms with Gasteiger partial charge in [-0.3, -0.25) is 28.8 Å². The van der Waals surface area contributed by atoms with Crippen LogP contribution < -0.4 is 41.4 Å². The van der Waals surface area contributed by atoms with Gasteiger partial charge in [-0.05, 0) is 159 Å². The summed E-state index contributed by atoms with van der Waals surface area (Å²) >= 11 is 0. The Morgan fingerprint density at radius 2 is 1.01 bits per heavy atom. The Hall–Kier alpha value is -5.22. The average molecular weight is 929 g/mol. The first kappa shape index (κ1) is 51.2. The van der Waals surface area contributed by atoms with Crippen LogP contribution in [0.3, 0.4) is 0 Å². The number of nitrogens with one attached hydrogen (secondary N) is 6. The minimum absolute atomic E-state index is 0.157. The Balaban J connectivity index is 0.956. The molecule has 2 saturated heterocycles. The summed E-state index contributed by atoms with van der Waals surface area (Å²) in [6.45, 7) is 9.31. The molecule has 16 nitrogen and oxygen atoms in total. The van der Waals surface area contributed by atoms with Crippen LogP contribution in [0.5, 0.6) is 11.5 Å². The SMILES string of the molecule is CC[C@H](NC(=O)[C@H](C)NC)C(=O)N1CCC[C@H]1C(=O)N[C@@H]1CCCc2c(OCCCCCOc3cccc4c3CCC[C@H]4NC(=O)[C@@H]3CCCN3C(=O)[C@H](CC)NC(=O)[C@H](C)NC)cccc21. The second-order valence-corrected chi connectivity index (χ2v) is 18.7. The van der Waals surface area contributed by atoms with Gasteiger partial charge >= 0.3 is 0 Å². The Kier molecular flexibility index (Phi) is 18.9. The van der Waals surface area contributed by atoms with Gasteiger partial charge in [0.2, 0.25) is 35.4 Å². The predicted molar refractivity (Wildman–Crippen MR) is 256 cm³/mol. The van der Waals surface area contributed by atoms with Gasteiger partial charge in [0, 0.05) is 13.1 Å². The minimum Gasteiger partial charge on any atom is -0.493 e. The van der Waals surface area contributed by atoms with Crippen LogP contribution in [-0.4, -0.2) is 122 Å². The maximum absolute atomic E-state index is 13.8. The van der Waals surface area contributed by atoms with Crippen LogP contribution in [0.1, 0.15) is 146 Å². The summed E-state index contributed by atoms with van der Waals surface area (Å²) < 4.78 is 12.7. The van der Waals surface area contributed by atoms with Crippen molar-refractivity contribution in [1.82, 2.24) is 41.7 Å². The van der Waals surface area contributed by atoms with E-state index >= 15 is 0 Å². The van der Waals surface area contributed by atoms with Gasteiger partial charge in [-0.15, -0.1) is 0 Å². The summed E-state index contributed by atoms with van der Waals surface area (Å²) in [4.78, 5) is 83.1. The summed E-state index contributed by atoms with van der Waals surface area (Å²) in [7, 11) is 3.40. The quantitative estimate of drug-likeness (QED) is 0.0927. The van der Waals surface area contributed by atoms with Crippen LogP contribution in [0, 0.1) is 0 Å². The molecular weight excluding hydrogens is 853 g/mol. The van der Waals surface area contributed by atoms with E-state index in [9.17, 15) is 28.8 Å². The summed E-state index contributed by atoms with van der Waals surface area (Å²) in [5.74, 6) is 0.464. The zero-order chi connectivity index (χ0) is 48.0. The van der Waals surface area contributed by atoms with Gasteiger partial charge in [0.15, 0.2) is 0 Å². The maximum Gasteiger partial charge on any atom is 0.245 e. The lowest BCUT2D eigenvalue weighted by Gasteiger charge is -2.32. The highest BCUT2D eigenvalue weighted by Crippen LogP contribution is 2.37. The Labute approximate surface area is 397 Å². The molecule has 2 aromatic carbocycles. The molecule has 0 aromatic heterocycles. The molecule has 2 heterocycles. The van der Waals surface area contributed by atoms with Gasteiger partial charge in [0.1, 0.15) is 35.7 Å². The fraction of sp³-hybridized carbons (Fsp3) is 0.647. The van der Waals surface area contributed by atoms with E-state index in [1.807, 2.05) is 38.1 Å². The van der Waals surface area contributed by atoms with Gasteiger partial charge in [-0.25, -0.2) is 0 Å². The highest BCUT2D eigenvalue weighted by Gasteiger charge is 2.40. The van der Waals surface area contributed by atoms with Crippen molar-refractivity contribution in [2.24, 2.45) is 0 Å². The summed E-state index contributed by atoms with van der Waals surface area (Å²) in [5.41, 5.74) is 4.37. The summed E-state index contributed by atoms with van der Waals surface area (Å²) in [5, 5.41) is 18.1. The van der Waals surface area contributed by atoms with E-state index in [1.165, 1.54) is 0 Å². The van der Waals surface area contributed by atoms with E-state index in [4.69, 9.17) is 9.47 Å². The lowest BCUT2D eigenvalue weighted by atomic mass is 9.87. The van der Waals surface area contributed by atoms with Gasteiger partial charge in [-0.1, -0.05) is 38.1 Å². The largest absolute Gasteiger partial charge is 0.493 e. The molecule has 2 aromatic rings. The van der Waals surface area contributed by atoms with E-state index in [0.717, 1.165) is 104 Å². The maximum atomic E-state index is 13.8. The third kappa shape index (κ3) is 12.7. The number of carbonyl (C=O) groups excluding carboxylic acids is 6. The van der Waals surface area contributed by atoms with E-state index in [2.05, 4.69) is 44.0 Å². The number of fused-ring (bicyclic) bond motifs is 2. The molecule has 2 aliphatic heterocycles. The number of likely N-dealkylation sites (tertiary alicyclic amines) is 2. The van der Waals surface area contributed by atoms with E-state index in [0.29, 0.717) is 52.0 Å². The van der Waals surface area contributed by atoms with Gasteiger partial charge in [0.05, 0.1) is 37.4 Å². The zero-order valence-electron chi connectivity index (χ0n) is 40.7.